The van der Waals surface area contributed by atoms with Crippen molar-refractivity contribution in [2.24, 2.45) is 5.18 Å². The Morgan fingerprint density at radius 1 is 1.38 bits per heavy atom. The van der Waals surface area contributed by atoms with Gasteiger partial charge in [0, 0.05) is 5.56 Å². The maximum Gasteiger partial charge on any atom is 0.301 e. The Morgan fingerprint density at radius 3 is 2.46 bits per heavy atom. The molecule has 68 valence electrons. The summed E-state index contributed by atoms with van der Waals surface area (Å²) in [5.41, 5.74) is 0.948. The maximum atomic E-state index is 10.6. The molecular formula is C8H8N2O3. The van der Waals surface area contributed by atoms with E-state index in [1.165, 1.54) is 6.07 Å². The van der Waals surface area contributed by atoms with Gasteiger partial charge in [0.1, 0.15) is 0 Å². The fourth-order valence-electron chi connectivity index (χ4n) is 1.09. The first kappa shape index (κ1) is 9.31. The average molecular weight is 180 g/mol. The van der Waals surface area contributed by atoms with E-state index in [0.717, 1.165) is 5.56 Å². The van der Waals surface area contributed by atoms with Gasteiger partial charge in [-0.25, -0.2) is 0 Å². The molecule has 0 aliphatic heterocycles. The van der Waals surface area contributed by atoms with Crippen molar-refractivity contribution in [3.8, 4) is 0 Å². The molecule has 0 fully saturated rings. The van der Waals surface area contributed by atoms with Crippen LogP contribution in [0.4, 0.5) is 11.4 Å². The third-order valence-electron chi connectivity index (χ3n) is 1.96. The van der Waals surface area contributed by atoms with Gasteiger partial charge in [0.25, 0.3) is 0 Å². The van der Waals surface area contributed by atoms with E-state index in [4.69, 9.17) is 0 Å². The van der Waals surface area contributed by atoms with Crippen molar-refractivity contribution in [3.63, 3.8) is 0 Å². The second-order valence-corrected chi connectivity index (χ2v) is 2.72. The minimum absolute atomic E-state index is 0.117. The molecule has 0 saturated heterocycles. The Kier molecular flexibility index (Phi) is 2.36. The highest BCUT2D eigenvalue weighted by atomic mass is 16.6. The molecule has 0 aliphatic rings. The quantitative estimate of drug-likeness (QED) is 0.399. The van der Waals surface area contributed by atoms with Crippen LogP contribution in [-0.2, 0) is 0 Å². The second-order valence-electron chi connectivity index (χ2n) is 2.72. The summed E-state index contributed by atoms with van der Waals surface area (Å²) in [5, 5.41) is 13.2. The summed E-state index contributed by atoms with van der Waals surface area (Å²) in [7, 11) is 0. The number of hydrogen-bond donors (Lipinski definition) is 0. The predicted octanol–water partition coefficient (Wildman–Crippen LogP) is 2.61. The van der Waals surface area contributed by atoms with Crippen molar-refractivity contribution in [3.05, 3.63) is 38.3 Å². The summed E-state index contributed by atoms with van der Waals surface area (Å²) in [6.45, 7) is 3.35. The molecule has 0 bridgehead atoms. The Balaban J connectivity index is 3.50. The Labute approximate surface area is 74.5 Å². The molecule has 0 atom stereocenters. The number of nitrogens with zero attached hydrogens (tertiary/aromatic N) is 2. The topological polar surface area (TPSA) is 72.6 Å². The molecule has 1 rings (SSSR count). The van der Waals surface area contributed by atoms with Gasteiger partial charge in [-0.3, -0.25) is 10.1 Å². The van der Waals surface area contributed by atoms with E-state index in [-0.39, 0.29) is 11.4 Å². The molecule has 5 heteroatoms. The third kappa shape index (κ3) is 1.53. The molecule has 0 amide bonds. The number of aryl methyl sites for hydroxylation is 1. The predicted molar refractivity (Wildman–Crippen MR) is 48.0 cm³/mol. The maximum absolute atomic E-state index is 10.6. The summed E-state index contributed by atoms with van der Waals surface area (Å²) in [4.78, 5) is 20.2. The van der Waals surface area contributed by atoms with Gasteiger partial charge in [0.2, 0.25) is 0 Å². The number of hydrogen-bond acceptors (Lipinski definition) is 4. The summed E-state index contributed by atoms with van der Waals surface area (Å²) in [6, 6.07) is 2.99. The normalized spacial score (nSPS) is 9.69. The largest absolute Gasteiger partial charge is 0.301 e. The van der Waals surface area contributed by atoms with Crippen molar-refractivity contribution in [2.75, 3.05) is 0 Å². The van der Waals surface area contributed by atoms with Crippen LogP contribution >= 0.6 is 0 Å². The number of nitroso groups, excluding NO2 is 1. The van der Waals surface area contributed by atoms with Crippen LogP contribution in [0.15, 0.2) is 17.3 Å². The first-order valence-electron chi connectivity index (χ1n) is 3.66. The zero-order valence-corrected chi connectivity index (χ0v) is 7.27. The highest BCUT2D eigenvalue weighted by Crippen LogP contribution is 2.32. The van der Waals surface area contributed by atoms with Gasteiger partial charge in [-0.1, -0.05) is 6.07 Å². The Bertz CT molecular complexity index is 374. The van der Waals surface area contributed by atoms with Gasteiger partial charge >= 0.3 is 5.69 Å². The molecule has 0 N–H and O–H groups in total. The van der Waals surface area contributed by atoms with Crippen molar-refractivity contribution in [1.82, 2.24) is 0 Å². The molecule has 13 heavy (non-hydrogen) atoms. The van der Waals surface area contributed by atoms with Crippen LogP contribution in [0.2, 0.25) is 0 Å². The fraction of sp³-hybridized carbons (Fsp3) is 0.250. The van der Waals surface area contributed by atoms with Crippen molar-refractivity contribution in [2.45, 2.75) is 13.8 Å². The zero-order chi connectivity index (χ0) is 10.0. The van der Waals surface area contributed by atoms with E-state index in [0.29, 0.717) is 5.56 Å². The Morgan fingerprint density at radius 2 is 2.00 bits per heavy atom. The molecule has 0 radical (unpaired) electrons. The number of benzene rings is 1. The van der Waals surface area contributed by atoms with E-state index >= 15 is 0 Å². The zero-order valence-electron chi connectivity index (χ0n) is 7.27. The minimum atomic E-state index is -0.584. The number of nitro groups is 1. The molecule has 1 aromatic rings. The summed E-state index contributed by atoms with van der Waals surface area (Å²) < 4.78 is 0. The van der Waals surface area contributed by atoms with E-state index in [1.807, 2.05) is 0 Å². The smallest absolute Gasteiger partial charge is 0.258 e. The Hall–Kier alpha value is -1.78. The van der Waals surface area contributed by atoms with E-state index in [9.17, 15) is 15.0 Å². The van der Waals surface area contributed by atoms with Crippen LogP contribution in [0.5, 0.6) is 0 Å². The van der Waals surface area contributed by atoms with E-state index in [2.05, 4.69) is 5.18 Å². The number of rotatable bonds is 2. The fourth-order valence-corrected chi connectivity index (χ4v) is 1.09. The molecule has 1 aromatic carbocycles. The highest BCUT2D eigenvalue weighted by molar-refractivity contribution is 5.63. The lowest BCUT2D eigenvalue weighted by molar-refractivity contribution is -0.384. The summed E-state index contributed by atoms with van der Waals surface area (Å²) >= 11 is 0. The van der Waals surface area contributed by atoms with Crippen molar-refractivity contribution in [1.29, 1.82) is 0 Å². The molecule has 0 aliphatic carbocycles. The standard InChI is InChI=1S/C8H8N2O3/c1-5-3-4-7(9-11)8(6(5)2)10(12)13/h3-4H,1-2H3. The van der Waals surface area contributed by atoms with Gasteiger partial charge in [0.05, 0.1) is 4.92 Å². The lowest BCUT2D eigenvalue weighted by Gasteiger charge is -2.01. The molecule has 0 aromatic heterocycles. The van der Waals surface area contributed by atoms with Crippen molar-refractivity contribution < 1.29 is 4.92 Å². The van der Waals surface area contributed by atoms with Gasteiger partial charge in [-0.2, -0.15) is 0 Å². The molecule has 0 unspecified atom stereocenters. The van der Waals surface area contributed by atoms with Gasteiger partial charge in [-0.05, 0) is 30.7 Å². The summed E-state index contributed by atoms with van der Waals surface area (Å²) in [5.74, 6) is 0. The highest BCUT2D eigenvalue weighted by Gasteiger charge is 2.19. The second kappa shape index (κ2) is 3.30. The van der Waals surface area contributed by atoms with Crippen LogP contribution < -0.4 is 0 Å². The first-order valence-corrected chi connectivity index (χ1v) is 3.66. The number of nitro benzene ring substituents is 1. The SMILES string of the molecule is Cc1ccc(N=O)c([N+](=O)[O-])c1C. The molecule has 0 saturated carbocycles. The van der Waals surface area contributed by atoms with Crippen molar-refractivity contribution >= 4 is 11.4 Å². The minimum Gasteiger partial charge on any atom is -0.258 e. The van der Waals surface area contributed by atoms with Crippen LogP contribution in [0.3, 0.4) is 0 Å². The molecule has 5 nitrogen and oxygen atoms in total. The van der Waals surface area contributed by atoms with Gasteiger partial charge < -0.3 is 0 Å². The monoisotopic (exact) mass is 180 g/mol. The average Bonchev–Trinajstić information content (AvgIpc) is 2.08. The van der Waals surface area contributed by atoms with Crippen LogP contribution in [0.25, 0.3) is 0 Å². The lowest BCUT2D eigenvalue weighted by Crippen LogP contribution is -1.94. The molecular weight excluding hydrogens is 172 g/mol. The third-order valence-corrected chi connectivity index (χ3v) is 1.96. The van der Waals surface area contributed by atoms with E-state index in [1.54, 1.807) is 19.9 Å². The van der Waals surface area contributed by atoms with E-state index < -0.39 is 4.92 Å². The van der Waals surface area contributed by atoms with Gasteiger partial charge in [0.15, 0.2) is 5.69 Å². The van der Waals surface area contributed by atoms with Crippen LogP contribution in [-0.4, -0.2) is 4.92 Å². The molecule has 0 heterocycles. The summed E-state index contributed by atoms with van der Waals surface area (Å²) in [6.07, 6.45) is 0. The van der Waals surface area contributed by atoms with Gasteiger partial charge in [-0.15, -0.1) is 4.91 Å². The first-order chi connectivity index (χ1) is 6.07. The lowest BCUT2D eigenvalue weighted by atomic mass is 10.1. The van der Waals surface area contributed by atoms with Crippen LogP contribution in [0.1, 0.15) is 11.1 Å². The van der Waals surface area contributed by atoms with Crippen LogP contribution in [0, 0.1) is 28.9 Å². The molecule has 0 spiro atoms.